The Morgan fingerprint density at radius 1 is 1.40 bits per heavy atom. The molecule has 0 spiro atoms. The molecular formula is C9H12INO4. The molecule has 0 aromatic carbocycles. The molecule has 1 rings (SSSR count). The molecule has 1 aliphatic heterocycles. The van der Waals surface area contributed by atoms with Gasteiger partial charge in [-0.15, -0.1) is 0 Å². The van der Waals surface area contributed by atoms with Crippen LogP contribution in [0.1, 0.15) is 32.1 Å². The summed E-state index contributed by atoms with van der Waals surface area (Å²) in [6.45, 7) is 0. The van der Waals surface area contributed by atoms with E-state index < -0.39 is 5.97 Å². The number of carboxylic acids is 1. The van der Waals surface area contributed by atoms with E-state index in [0.717, 1.165) is 0 Å². The standard InChI is InChI=1S/C9H12INO4/c10-6(2-1-3-9(14)15)11-7(12)4-5-8(11)13/h6H,1-5H2,(H,14,15). The summed E-state index contributed by atoms with van der Waals surface area (Å²) < 4.78 is -0.204. The number of rotatable bonds is 5. The maximum absolute atomic E-state index is 11.3. The van der Waals surface area contributed by atoms with Crippen LogP contribution in [0, 0.1) is 0 Å². The normalized spacial score (nSPS) is 18.3. The number of carbonyl (C=O) groups excluding carboxylic acids is 2. The highest BCUT2D eigenvalue weighted by molar-refractivity contribution is 14.1. The van der Waals surface area contributed by atoms with E-state index in [1.165, 1.54) is 4.90 Å². The summed E-state index contributed by atoms with van der Waals surface area (Å²) >= 11 is 2.01. The van der Waals surface area contributed by atoms with Crippen molar-refractivity contribution in [2.24, 2.45) is 0 Å². The first-order chi connectivity index (χ1) is 7.02. The van der Waals surface area contributed by atoms with Crippen LogP contribution in [0.15, 0.2) is 0 Å². The van der Waals surface area contributed by atoms with Crippen LogP contribution in [0.25, 0.3) is 0 Å². The Morgan fingerprint density at radius 3 is 2.40 bits per heavy atom. The van der Waals surface area contributed by atoms with E-state index in [0.29, 0.717) is 12.8 Å². The van der Waals surface area contributed by atoms with E-state index in [2.05, 4.69) is 0 Å². The van der Waals surface area contributed by atoms with Crippen LogP contribution < -0.4 is 0 Å². The number of carbonyl (C=O) groups is 3. The van der Waals surface area contributed by atoms with Crippen LogP contribution in [-0.4, -0.2) is 31.8 Å². The van der Waals surface area contributed by atoms with Crippen LogP contribution in [0.2, 0.25) is 0 Å². The molecule has 0 aliphatic carbocycles. The van der Waals surface area contributed by atoms with Gasteiger partial charge in [-0.25, -0.2) is 0 Å². The van der Waals surface area contributed by atoms with Crippen molar-refractivity contribution in [2.75, 3.05) is 0 Å². The van der Waals surface area contributed by atoms with Gasteiger partial charge in [0.2, 0.25) is 11.8 Å². The Bertz CT molecular complexity index is 276. The van der Waals surface area contributed by atoms with Crippen LogP contribution in [0.4, 0.5) is 0 Å². The zero-order chi connectivity index (χ0) is 11.4. The molecule has 1 fully saturated rings. The molecule has 0 aromatic heterocycles. The lowest BCUT2D eigenvalue weighted by Gasteiger charge is -2.20. The van der Waals surface area contributed by atoms with Crippen molar-refractivity contribution in [1.82, 2.24) is 4.90 Å². The van der Waals surface area contributed by atoms with E-state index in [1.54, 1.807) is 0 Å². The summed E-state index contributed by atoms with van der Waals surface area (Å²) in [5, 5.41) is 8.45. The molecule has 1 aliphatic rings. The summed E-state index contributed by atoms with van der Waals surface area (Å²) in [6.07, 6.45) is 1.69. The molecule has 1 N–H and O–H groups in total. The van der Waals surface area contributed by atoms with E-state index in [1.807, 2.05) is 22.6 Å². The molecule has 1 saturated heterocycles. The number of likely N-dealkylation sites (tertiary alicyclic amines) is 1. The van der Waals surface area contributed by atoms with E-state index >= 15 is 0 Å². The topological polar surface area (TPSA) is 74.7 Å². The molecule has 0 radical (unpaired) electrons. The predicted molar refractivity (Wildman–Crippen MR) is 60.4 cm³/mol. The Balaban J connectivity index is 2.39. The maximum Gasteiger partial charge on any atom is 0.303 e. The van der Waals surface area contributed by atoms with Crippen LogP contribution >= 0.6 is 22.6 Å². The molecule has 1 unspecified atom stereocenters. The number of halogens is 1. The number of alkyl halides is 1. The van der Waals surface area contributed by atoms with E-state index in [4.69, 9.17) is 5.11 Å². The van der Waals surface area contributed by atoms with Crippen molar-refractivity contribution in [2.45, 2.75) is 36.2 Å². The summed E-state index contributed by atoms with van der Waals surface area (Å²) in [7, 11) is 0. The number of aliphatic carboxylic acids is 1. The van der Waals surface area contributed by atoms with Crippen molar-refractivity contribution < 1.29 is 19.5 Å². The fraction of sp³-hybridized carbons (Fsp3) is 0.667. The van der Waals surface area contributed by atoms with Crippen molar-refractivity contribution in [1.29, 1.82) is 0 Å². The molecule has 2 amide bonds. The van der Waals surface area contributed by atoms with Crippen molar-refractivity contribution >= 4 is 40.4 Å². The van der Waals surface area contributed by atoms with Gasteiger partial charge in [0.05, 0.1) is 4.05 Å². The van der Waals surface area contributed by atoms with Gasteiger partial charge < -0.3 is 5.11 Å². The second-order valence-corrected chi connectivity index (χ2v) is 4.82. The monoisotopic (exact) mass is 325 g/mol. The van der Waals surface area contributed by atoms with E-state index in [9.17, 15) is 14.4 Å². The lowest BCUT2D eigenvalue weighted by atomic mass is 10.2. The highest BCUT2D eigenvalue weighted by Crippen LogP contribution is 2.23. The Hall–Kier alpha value is -0.660. The highest BCUT2D eigenvalue weighted by atomic mass is 127. The minimum absolute atomic E-state index is 0.0791. The largest absolute Gasteiger partial charge is 0.481 e. The smallest absolute Gasteiger partial charge is 0.303 e. The van der Waals surface area contributed by atoms with Gasteiger partial charge in [-0.2, -0.15) is 0 Å². The number of amides is 2. The van der Waals surface area contributed by atoms with Gasteiger partial charge in [-0.3, -0.25) is 19.3 Å². The summed E-state index contributed by atoms with van der Waals surface area (Å²) in [4.78, 5) is 34.1. The maximum atomic E-state index is 11.3. The molecule has 1 heterocycles. The van der Waals surface area contributed by atoms with Crippen molar-refractivity contribution in [3.8, 4) is 0 Å². The molecule has 0 aromatic rings. The second kappa shape index (κ2) is 5.43. The molecule has 84 valence electrons. The lowest BCUT2D eigenvalue weighted by Crippen LogP contribution is -2.35. The summed E-state index contributed by atoms with van der Waals surface area (Å²) in [5.74, 6) is -1.14. The van der Waals surface area contributed by atoms with Gasteiger partial charge in [-0.1, -0.05) is 22.6 Å². The second-order valence-electron chi connectivity index (χ2n) is 3.38. The molecule has 15 heavy (non-hydrogen) atoms. The third-order valence-corrected chi connectivity index (χ3v) is 3.38. The van der Waals surface area contributed by atoms with Gasteiger partial charge in [0, 0.05) is 19.3 Å². The van der Waals surface area contributed by atoms with Crippen LogP contribution in [-0.2, 0) is 14.4 Å². The minimum Gasteiger partial charge on any atom is -0.481 e. The summed E-state index contributed by atoms with van der Waals surface area (Å²) in [6, 6.07) is 0. The zero-order valence-electron chi connectivity index (χ0n) is 8.11. The minimum atomic E-state index is -0.849. The number of nitrogens with zero attached hydrogens (tertiary/aromatic N) is 1. The first-order valence-electron chi connectivity index (χ1n) is 4.73. The number of carboxylic acid groups (broad SMARTS) is 1. The van der Waals surface area contributed by atoms with Crippen LogP contribution in [0.3, 0.4) is 0 Å². The SMILES string of the molecule is O=C(O)CCCC(I)N1C(=O)CCC1=O. The molecule has 1 atom stereocenters. The van der Waals surface area contributed by atoms with Gasteiger partial charge >= 0.3 is 5.97 Å². The van der Waals surface area contributed by atoms with Gasteiger partial charge in [-0.05, 0) is 12.8 Å². The molecule has 0 bridgehead atoms. The van der Waals surface area contributed by atoms with Gasteiger partial charge in [0.15, 0.2) is 0 Å². The van der Waals surface area contributed by atoms with Crippen molar-refractivity contribution in [3.05, 3.63) is 0 Å². The number of imide groups is 1. The van der Waals surface area contributed by atoms with Crippen LogP contribution in [0.5, 0.6) is 0 Å². The first-order valence-corrected chi connectivity index (χ1v) is 5.97. The Kier molecular flexibility index (Phi) is 4.49. The number of hydrogen-bond acceptors (Lipinski definition) is 3. The Morgan fingerprint density at radius 2 is 1.93 bits per heavy atom. The average Bonchev–Trinajstić information content (AvgIpc) is 2.45. The highest BCUT2D eigenvalue weighted by Gasteiger charge is 2.33. The third kappa shape index (κ3) is 3.44. The molecular weight excluding hydrogens is 313 g/mol. The quantitative estimate of drug-likeness (QED) is 0.356. The van der Waals surface area contributed by atoms with E-state index in [-0.39, 0.29) is 35.1 Å². The zero-order valence-corrected chi connectivity index (χ0v) is 10.3. The molecule has 6 heteroatoms. The summed E-state index contributed by atoms with van der Waals surface area (Å²) in [5.41, 5.74) is 0. The van der Waals surface area contributed by atoms with Crippen molar-refractivity contribution in [3.63, 3.8) is 0 Å². The lowest BCUT2D eigenvalue weighted by molar-refractivity contribution is -0.138. The first kappa shape index (κ1) is 12.4. The van der Waals surface area contributed by atoms with Gasteiger partial charge in [0.1, 0.15) is 0 Å². The number of hydrogen-bond donors (Lipinski definition) is 1. The van der Waals surface area contributed by atoms with Gasteiger partial charge in [0.25, 0.3) is 0 Å². The fourth-order valence-corrected chi connectivity index (χ4v) is 2.52. The average molecular weight is 325 g/mol. The predicted octanol–water partition coefficient (Wildman–Crippen LogP) is 1.15. The molecule has 5 nitrogen and oxygen atoms in total. The third-order valence-electron chi connectivity index (χ3n) is 2.20. The Labute approximate surface area is 101 Å². The fourth-order valence-electron chi connectivity index (χ4n) is 1.46. The molecule has 0 saturated carbocycles.